The molecule has 0 saturated carbocycles. The van der Waals surface area contributed by atoms with Gasteiger partial charge in [-0.1, -0.05) is 12.1 Å². The van der Waals surface area contributed by atoms with Gasteiger partial charge >= 0.3 is 6.03 Å². The van der Waals surface area contributed by atoms with Crippen LogP contribution in [0.2, 0.25) is 0 Å². The third kappa shape index (κ3) is 3.90. The summed E-state index contributed by atoms with van der Waals surface area (Å²) in [7, 11) is 1.60. The van der Waals surface area contributed by atoms with E-state index in [4.69, 9.17) is 4.74 Å². The topological polar surface area (TPSA) is 50.4 Å². The minimum absolute atomic E-state index is 0.203. The van der Waals surface area contributed by atoms with Gasteiger partial charge in [-0.15, -0.1) is 0 Å². The molecule has 1 aromatic rings. The number of benzene rings is 1. The van der Waals surface area contributed by atoms with Crippen molar-refractivity contribution in [2.24, 2.45) is 0 Å². The quantitative estimate of drug-likeness (QED) is 0.766. The van der Waals surface area contributed by atoms with E-state index in [9.17, 15) is 4.79 Å². The summed E-state index contributed by atoms with van der Waals surface area (Å²) in [6.45, 7) is 4.98. The molecule has 0 unspecified atom stereocenters. The molecule has 0 aliphatic rings. The van der Waals surface area contributed by atoms with E-state index in [1.54, 1.807) is 7.11 Å². The van der Waals surface area contributed by atoms with Gasteiger partial charge in [0.1, 0.15) is 0 Å². The predicted octanol–water partition coefficient (Wildman–Crippen LogP) is 2.07. The fraction of sp³-hybridized carbons (Fsp3) is 0.417. The number of hydrogen-bond donors (Lipinski definition) is 2. The van der Waals surface area contributed by atoms with Gasteiger partial charge in [-0.25, -0.2) is 4.79 Å². The van der Waals surface area contributed by atoms with Crippen LogP contribution in [0.4, 0.5) is 10.5 Å². The first-order valence-corrected chi connectivity index (χ1v) is 5.24. The molecule has 1 rings (SSSR count). The number of ether oxygens (including phenoxy) is 1. The molecule has 0 radical (unpaired) electrons. The number of carbonyl (C=O) groups excluding carboxylic acids is 1. The van der Waals surface area contributed by atoms with Crippen molar-refractivity contribution < 1.29 is 9.53 Å². The fourth-order valence-corrected chi connectivity index (χ4v) is 1.30. The van der Waals surface area contributed by atoms with Crippen LogP contribution in [-0.4, -0.2) is 26.3 Å². The van der Waals surface area contributed by atoms with Crippen molar-refractivity contribution in [2.45, 2.75) is 13.8 Å². The molecule has 0 aromatic heterocycles. The Bertz CT molecular complexity index is 364. The Morgan fingerprint density at radius 3 is 2.81 bits per heavy atom. The molecule has 0 bridgehead atoms. The summed E-state index contributed by atoms with van der Waals surface area (Å²) in [5.41, 5.74) is 3.01. The number of rotatable bonds is 4. The van der Waals surface area contributed by atoms with Crippen LogP contribution in [-0.2, 0) is 4.74 Å². The van der Waals surface area contributed by atoms with Crippen LogP contribution in [0.5, 0.6) is 0 Å². The first-order chi connectivity index (χ1) is 7.63. The second-order valence-electron chi connectivity index (χ2n) is 3.69. The summed E-state index contributed by atoms with van der Waals surface area (Å²) in [4.78, 5) is 11.5. The van der Waals surface area contributed by atoms with Gasteiger partial charge in [-0.2, -0.15) is 0 Å². The van der Waals surface area contributed by atoms with Gasteiger partial charge in [0.25, 0.3) is 0 Å². The van der Waals surface area contributed by atoms with Crippen LogP contribution in [0, 0.1) is 13.8 Å². The van der Waals surface area contributed by atoms with Crippen LogP contribution < -0.4 is 10.6 Å². The number of carbonyl (C=O) groups is 1. The van der Waals surface area contributed by atoms with Gasteiger partial charge in [0.15, 0.2) is 0 Å². The maximum atomic E-state index is 11.5. The zero-order chi connectivity index (χ0) is 12.0. The Hall–Kier alpha value is -1.55. The molecule has 0 aliphatic carbocycles. The summed E-state index contributed by atoms with van der Waals surface area (Å²) < 4.78 is 4.84. The number of aryl methyl sites for hydroxylation is 2. The van der Waals surface area contributed by atoms with Crippen molar-refractivity contribution in [3.63, 3.8) is 0 Å². The normalized spacial score (nSPS) is 9.94. The Morgan fingerprint density at radius 1 is 1.38 bits per heavy atom. The number of anilines is 1. The lowest BCUT2D eigenvalue weighted by atomic mass is 10.1. The Kier molecular flexibility index (Phi) is 4.79. The number of urea groups is 1. The van der Waals surface area contributed by atoms with Gasteiger partial charge in [0, 0.05) is 19.3 Å². The minimum Gasteiger partial charge on any atom is -0.383 e. The second-order valence-corrected chi connectivity index (χ2v) is 3.69. The van der Waals surface area contributed by atoms with E-state index in [0.717, 1.165) is 16.8 Å². The van der Waals surface area contributed by atoms with Crippen molar-refractivity contribution in [1.82, 2.24) is 5.32 Å². The number of amides is 2. The molecular formula is C12H18N2O2. The van der Waals surface area contributed by atoms with Crippen LogP contribution in [0.3, 0.4) is 0 Å². The van der Waals surface area contributed by atoms with Crippen LogP contribution in [0.1, 0.15) is 11.1 Å². The van der Waals surface area contributed by atoms with Crippen molar-refractivity contribution in [2.75, 3.05) is 25.6 Å². The molecule has 0 atom stereocenters. The van der Waals surface area contributed by atoms with E-state index in [2.05, 4.69) is 10.6 Å². The number of nitrogens with one attached hydrogen (secondary N) is 2. The summed E-state index contributed by atoms with van der Waals surface area (Å²) in [5.74, 6) is 0. The highest BCUT2D eigenvalue weighted by Crippen LogP contribution is 2.15. The first-order valence-electron chi connectivity index (χ1n) is 5.24. The zero-order valence-corrected chi connectivity index (χ0v) is 9.96. The van der Waals surface area contributed by atoms with E-state index in [1.165, 1.54) is 0 Å². The number of methoxy groups -OCH3 is 1. The fourth-order valence-electron chi connectivity index (χ4n) is 1.30. The average molecular weight is 222 g/mol. The third-order valence-corrected chi connectivity index (χ3v) is 2.23. The Labute approximate surface area is 96.0 Å². The van der Waals surface area contributed by atoms with E-state index >= 15 is 0 Å². The van der Waals surface area contributed by atoms with Crippen molar-refractivity contribution in [3.05, 3.63) is 29.3 Å². The highest BCUT2D eigenvalue weighted by molar-refractivity contribution is 5.90. The van der Waals surface area contributed by atoms with Crippen LogP contribution in [0.15, 0.2) is 18.2 Å². The lowest BCUT2D eigenvalue weighted by Gasteiger charge is -2.10. The standard InChI is InChI=1S/C12H18N2O2/c1-9-4-5-10(2)11(8-9)14-12(15)13-6-7-16-3/h4-5,8H,6-7H2,1-3H3,(H2,13,14,15). The van der Waals surface area contributed by atoms with Crippen LogP contribution in [0.25, 0.3) is 0 Å². The van der Waals surface area contributed by atoms with E-state index in [1.807, 2.05) is 32.0 Å². The molecule has 0 aliphatic heterocycles. The summed E-state index contributed by atoms with van der Waals surface area (Å²) in [5, 5.41) is 5.51. The molecule has 2 amide bonds. The van der Waals surface area contributed by atoms with Gasteiger partial charge in [0.2, 0.25) is 0 Å². The highest BCUT2D eigenvalue weighted by Gasteiger charge is 2.03. The largest absolute Gasteiger partial charge is 0.383 e. The Balaban J connectivity index is 2.52. The SMILES string of the molecule is COCCNC(=O)Nc1cc(C)ccc1C. The molecule has 0 spiro atoms. The monoisotopic (exact) mass is 222 g/mol. The van der Waals surface area contributed by atoms with E-state index in [-0.39, 0.29) is 6.03 Å². The van der Waals surface area contributed by atoms with Crippen molar-refractivity contribution in [3.8, 4) is 0 Å². The molecule has 2 N–H and O–H groups in total. The lowest BCUT2D eigenvalue weighted by Crippen LogP contribution is -2.31. The average Bonchev–Trinajstić information content (AvgIpc) is 2.24. The van der Waals surface area contributed by atoms with Crippen molar-refractivity contribution in [1.29, 1.82) is 0 Å². The molecule has 0 heterocycles. The minimum atomic E-state index is -0.203. The van der Waals surface area contributed by atoms with Gasteiger partial charge < -0.3 is 15.4 Å². The number of hydrogen-bond acceptors (Lipinski definition) is 2. The third-order valence-electron chi connectivity index (χ3n) is 2.23. The van der Waals surface area contributed by atoms with Gasteiger partial charge in [-0.3, -0.25) is 0 Å². The van der Waals surface area contributed by atoms with E-state index < -0.39 is 0 Å². The molecule has 4 nitrogen and oxygen atoms in total. The summed E-state index contributed by atoms with van der Waals surface area (Å²) in [6.07, 6.45) is 0. The molecule has 0 fully saturated rings. The molecule has 1 aromatic carbocycles. The zero-order valence-electron chi connectivity index (χ0n) is 9.96. The first kappa shape index (κ1) is 12.5. The highest BCUT2D eigenvalue weighted by atomic mass is 16.5. The van der Waals surface area contributed by atoms with Gasteiger partial charge in [0.05, 0.1) is 6.61 Å². The summed E-state index contributed by atoms with van der Waals surface area (Å²) >= 11 is 0. The lowest BCUT2D eigenvalue weighted by molar-refractivity contribution is 0.198. The maximum Gasteiger partial charge on any atom is 0.319 e. The predicted molar refractivity (Wildman–Crippen MR) is 64.8 cm³/mol. The maximum absolute atomic E-state index is 11.5. The molecular weight excluding hydrogens is 204 g/mol. The Morgan fingerprint density at radius 2 is 2.12 bits per heavy atom. The molecule has 4 heteroatoms. The molecule has 0 saturated heterocycles. The second kappa shape index (κ2) is 6.12. The van der Waals surface area contributed by atoms with E-state index in [0.29, 0.717) is 13.2 Å². The van der Waals surface area contributed by atoms with Crippen molar-refractivity contribution >= 4 is 11.7 Å². The van der Waals surface area contributed by atoms with Crippen LogP contribution >= 0.6 is 0 Å². The smallest absolute Gasteiger partial charge is 0.319 e. The van der Waals surface area contributed by atoms with Gasteiger partial charge in [-0.05, 0) is 31.0 Å². The molecule has 16 heavy (non-hydrogen) atoms. The molecule has 88 valence electrons. The summed E-state index contributed by atoms with van der Waals surface area (Å²) in [6, 6.07) is 5.75.